The van der Waals surface area contributed by atoms with Crippen LogP contribution in [0.25, 0.3) is 0 Å². The van der Waals surface area contributed by atoms with Crippen LogP contribution >= 0.6 is 11.6 Å². The summed E-state index contributed by atoms with van der Waals surface area (Å²) in [5.41, 5.74) is 1.80. The van der Waals surface area contributed by atoms with Gasteiger partial charge in [-0.2, -0.15) is 0 Å². The van der Waals surface area contributed by atoms with Crippen molar-refractivity contribution in [2.24, 2.45) is 0 Å². The topological polar surface area (TPSA) is 135 Å². The molecule has 1 saturated heterocycles. The molecule has 2 aliphatic heterocycles. The van der Waals surface area contributed by atoms with Crippen molar-refractivity contribution in [3.8, 4) is 0 Å². The Hall–Kier alpha value is -4.32. The Morgan fingerprint density at radius 1 is 1.07 bits per heavy atom. The number of halogens is 1. The number of aromatic carboxylic acids is 1. The Morgan fingerprint density at radius 2 is 1.86 bits per heavy atom. The first kappa shape index (κ1) is 29.2. The van der Waals surface area contributed by atoms with Crippen LogP contribution in [-0.4, -0.2) is 94.3 Å². The number of hydrogen-bond acceptors (Lipinski definition) is 7. The van der Waals surface area contributed by atoms with E-state index in [2.05, 4.69) is 20.5 Å². The molecule has 1 atom stereocenters. The van der Waals surface area contributed by atoms with Crippen molar-refractivity contribution in [2.75, 3.05) is 50.4 Å². The molecule has 2 aliphatic rings. The summed E-state index contributed by atoms with van der Waals surface area (Å²) in [5, 5.41) is 15.7. The monoisotopic (exact) mass is 590 g/mol. The number of anilines is 2. The van der Waals surface area contributed by atoms with Gasteiger partial charge in [-0.15, -0.1) is 0 Å². The number of carboxylic acids is 1. The van der Waals surface area contributed by atoms with Gasteiger partial charge in [0.2, 0.25) is 11.8 Å². The van der Waals surface area contributed by atoms with E-state index < -0.39 is 23.8 Å². The van der Waals surface area contributed by atoms with E-state index in [-0.39, 0.29) is 42.2 Å². The number of pyridine rings is 1. The van der Waals surface area contributed by atoms with E-state index in [1.54, 1.807) is 48.7 Å². The summed E-state index contributed by atoms with van der Waals surface area (Å²) in [5.74, 6) is -2.33. The van der Waals surface area contributed by atoms with Crippen LogP contribution in [0.5, 0.6) is 0 Å². The van der Waals surface area contributed by atoms with Crippen LogP contribution in [0.4, 0.5) is 11.4 Å². The van der Waals surface area contributed by atoms with E-state index in [0.29, 0.717) is 22.0 Å². The zero-order valence-corrected chi connectivity index (χ0v) is 23.8. The fraction of sp³-hybridized carbons (Fsp3) is 0.300. The lowest BCUT2D eigenvalue weighted by molar-refractivity contribution is -0.120. The molecule has 42 heavy (non-hydrogen) atoms. The Balaban J connectivity index is 1.44. The van der Waals surface area contributed by atoms with Gasteiger partial charge in [-0.05, 0) is 55.1 Å². The quantitative estimate of drug-likeness (QED) is 0.364. The fourth-order valence-electron chi connectivity index (χ4n) is 5.14. The Bertz CT molecular complexity index is 1510. The minimum atomic E-state index is -1.19. The number of likely N-dealkylation sites (N-methyl/N-ethyl adjacent to an activating group) is 1. The standard InChI is InChI=1S/C30H31ClN6O5/c1-35-10-12-36(13-11-35)18-27(38)33-24-14-19(5-7-23(24)30(41)42)17-37-26(16-21-4-2-3-9-32-21)28(39)34-25-15-20(31)6-8-22(25)29(37)40/h2-9,14-15,26H,10-13,16-18H2,1H3,(H,33,38)(H,34,39)(H,41,42). The number of hydrogen-bond donors (Lipinski definition) is 3. The molecule has 3 aromatic rings. The Kier molecular flexibility index (Phi) is 8.81. The highest BCUT2D eigenvalue weighted by Crippen LogP contribution is 2.29. The smallest absolute Gasteiger partial charge is 0.337 e. The maximum atomic E-state index is 13.9. The molecule has 218 valence electrons. The molecule has 0 radical (unpaired) electrons. The number of benzene rings is 2. The number of carboxylic acid groups (broad SMARTS) is 1. The van der Waals surface area contributed by atoms with Gasteiger partial charge >= 0.3 is 5.97 Å². The van der Waals surface area contributed by atoms with E-state index in [9.17, 15) is 24.3 Å². The van der Waals surface area contributed by atoms with Crippen molar-refractivity contribution in [2.45, 2.75) is 19.0 Å². The van der Waals surface area contributed by atoms with Crippen LogP contribution in [0.3, 0.4) is 0 Å². The minimum absolute atomic E-state index is 0.0208. The molecule has 3 amide bonds. The lowest BCUT2D eigenvalue weighted by Crippen LogP contribution is -2.47. The minimum Gasteiger partial charge on any atom is -0.478 e. The lowest BCUT2D eigenvalue weighted by atomic mass is 10.0. The van der Waals surface area contributed by atoms with Gasteiger partial charge in [-0.25, -0.2) is 4.79 Å². The van der Waals surface area contributed by atoms with Crippen LogP contribution in [0.2, 0.25) is 5.02 Å². The average molecular weight is 591 g/mol. The Morgan fingerprint density at radius 3 is 2.57 bits per heavy atom. The third-order valence-electron chi connectivity index (χ3n) is 7.44. The van der Waals surface area contributed by atoms with Gasteiger partial charge < -0.3 is 25.5 Å². The number of aromatic nitrogens is 1. The van der Waals surface area contributed by atoms with Gasteiger partial charge in [0.25, 0.3) is 5.91 Å². The zero-order valence-electron chi connectivity index (χ0n) is 23.0. The van der Waals surface area contributed by atoms with E-state index in [1.165, 1.54) is 17.0 Å². The van der Waals surface area contributed by atoms with Crippen LogP contribution in [0.1, 0.15) is 32.0 Å². The second-order valence-corrected chi connectivity index (χ2v) is 10.9. The maximum absolute atomic E-state index is 13.9. The molecule has 1 aromatic heterocycles. The molecule has 3 heterocycles. The number of amides is 3. The van der Waals surface area contributed by atoms with Gasteiger partial charge in [-0.3, -0.25) is 24.3 Å². The number of carbonyl (C=O) groups is 4. The molecule has 12 heteroatoms. The molecule has 2 aromatic carbocycles. The van der Waals surface area contributed by atoms with Crippen molar-refractivity contribution in [1.82, 2.24) is 19.7 Å². The molecule has 0 spiro atoms. The number of carbonyl (C=O) groups excluding carboxylic acids is 3. The predicted octanol–water partition coefficient (Wildman–Crippen LogP) is 2.82. The summed E-state index contributed by atoms with van der Waals surface area (Å²) >= 11 is 6.15. The summed E-state index contributed by atoms with van der Waals surface area (Å²) in [6, 6.07) is 13.6. The van der Waals surface area contributed by atoms with Crippen LogP contribution in [0, 0.1) is 0 Å². The molecule has 3 N–H and O–H groups in total. The molecule has 5 rings (SSSR count). The van der Waals surface area contributed by atoms with Gasteiger partial charge in [0.1, 0.15) is 6.04 Å². The number of piperazine rings is 1. The molecule has 11 nitrogen and oxygen atoms in total. The summed E-state index contributed by atoms with van der Waals surface area (Å²) in [6.45, 7) is 3.27. The molecule has 1 fully saturated rings. The van der Waals surface area contributed by atoms with Crippen molar-refractivity contribution in [3.63, 3.8) is 0 Å². The molecular formula is C30H31ClN6O5. The van der Waals surface area contributed by atoms with Crippen LogP contribution < -0.4 is 10.6 Å². The van der Waals surface area contributed by atoms with Crippen molar-refractivity contribution in [1.29, 1.82) is 0 Å². The molecule has 1 unspecified atom stereocenters. The van der Waals surface area contributed by atoms with Crippen LogP contribution in [0.15, 0.2) is 60.8 Å². The van der Waals surface area contributed by atoms with Gasteiger partial charge in [0, 0.05) is 56.1 Å². The first-order chi connectivity index (χ1) is 20.2. The highest BCUT2D eigenvalue weighted by molar-refractivity contribution is 6.31. The number of nitrogens with one attached hydrogen (secondary N) is 2. The maximum Gasteiger partial charge on any atom is 0.337 e. The fourth-order valence-corrected chi connectivity index (χ4v) is 5.31. The van der Waals surface area contributed by atoms with E-state index in [4.69, 9.17) is 11.6 Å². The van der Waals surface area contributed by atoms with Crippen molar-refractivity contribution < 1.29 is 24.3 Å². The van der Waals surface area contributed by atoms with Gasteiger partial charge in [-0.1, -0.05) is 23.7 Å². The highest BCUT2D eigenvalue weighted by atomic mass is 35.5. The Labute approximate surface area is 248 Å². The average Bonchev–Trinajstić information content (AvgIpc) is 3.04. The number of fused-ring (bicyclic) bond motifs is 1. The summed E-state index contributed by atoms with van der Waals surface area (Å²) in [6.07, 6.45) is 1.77. The SMILES string of the molecule is CN1CCN(CC(=O)Nc2cc(CN3C(=O)c4ccc(Cl)cc4NC(=O)C3Cc3ccccn3)ccc2C(=O)O)CC1. The van der Waals surface area contributed by atoms with E-state index >= 15 is 0 Å². The predicted molar refractivity (Wildman–Crippen MR) is 158 cm³/mol. The van der Waals surface area contributed by atoms with E-state index in [0.717, 1.165) is 26.2 Å². The second-order valence-electron chi connectivity index (χ2n) is 10.5. The lowest BCUT2D eigenvalue weighted by Gasteiger charge is -2.31. The summed E-state index contributed by atoms with van der Waals surface area (Å²) < 4.78 is 0. The first-order valence-corrected chi connectivity index (χ1v) is 13.9. The summed E-state index contributed by atoms with van der Waals surface area (Å²) in [4.78, 5) is 62.2. The largest absolute Gasteiger partial charge is 0.478 e. The van der Waals surface area contributed by atoms with Crippen molar-refractivity contribution in [3.05, 3.63) is 88.2 Å². The number of nitrogens with zero attached hydrogens (tertiary/aromatic N) is 4. The third-order valence-corrected chi connectivity index (χ3v) is 7.68. The molecule has 0 saturated carbocycles. The highest BCUT2D eigenvalue weighted by Gasteiger charge is 2.36. The molecular weight excluding hydrogens is 560 g/mol. The molecule has 0 bridgehead atoms. The van der Waals surface area contributed by atoms with Gasteiger partial charge in [0.05, 0.1) is 29.0 Å². The number of rotatable bonds is 8. The third kappa shape index (κ3) is 6.76. The van der Waals surface area contributed by atoms with Gasteiger partial charge in [0.15, 0.2) is 0 Å². The normalized spacial score (nSPS) is 17.8. The first-order valence-electron chi connectivity index (χ1n) is 13.6. The van der Waals surface area contributed by atoms with E-state index in [1.807, 2.05) is 11.9 Å². The second kappa shape index (κ2) is 12.7. The van der Waals surface area contributed by atoms with Crippen molar-refractivity contribution >= 4 is 46.7 Å². The molecule has 0 aliphatic carbocycles. The zero-order chi connectivity index (χ0) is 29.8. The van der Waals surface area contributed by atoms with Crippen LogP contribution in [-0.2, 0) is 22.6 Å². The summed E-state index contributed by atoms with van der Waals surface area (Å²) in [7, 11) is 2.02.